The van der Waals surface area contributed by atoms with Crippen molar-refractivity contribution in [1.82, 2.24) is 25.1 Å². The van der Waals surface area contributed by atoms with Gasteiger partial charge in [-0.3, -0.25) is 9.36 Å². The molecular weight excluding hydrogens is 420 g/mol. The van der Waals surface area contributed by atoms with Crippen LogP contribution < -0.4 is 19.7 Å². The zero-order valence-corrected chi connectivity index (χ0v) is 19.3. The van der Waals surface area contributed by atoms with Gasteiger partial charge in [0.25, 0.3) is 0 Å². The van der Waals surface area contributed by atoms with Crippen LogP contribution in [0.5, 0.6) is 11.5 Å². The van der Waals surface area contributed by atoms with Crippen molar-refractivity contribution >= 4 is 11.7 Å². The molecule has 0 saturated carbocycles. The van der Waals surface area contributed by atoms with Crippen LogP contribution in [-0.2, 0) is 11.2 Å². The number of benzene rings is 1. The minimum atomic E-state index is -0.0680. The van der Waals surface area contributed by atoms with Gasteiger partial charge in [-0.25, -0.2) is 4.98 Å². The topological polar surface area (TPSA) is 94.4 Å². The van der Waals surface area contributed by atoms with E-state index in [2.05, 4.69) is 25.4 Å². The molecule has 0 radical (unpaired) electrons. The number of carbonyl (C=O) groups excluding carboxylic acids is 1. The van der Waals surface area contributed by atoms with Gasteiger partial charge in [0.05, 0.1) is 20.1 Å². The van der Waals surface area contributed by atoms with Crippen molar-refractivity contribution in [2.75, 3.05) is 38.8 Å². The number of amides is 1. The Morgan fingerprint density at radius 1 is 1.12 bits per heavy atom. The fourth-order valence-corrected chi connectivity index (χ4v) is 4.15. The molecule has 9 nitrogen and oxygen atoms in total. The number of ether oxygens (including phenoxy) is 2. The summed E-state index contributed by atoms with van der Waals surface area (Å²) in [6.45, 7) is 4.01. The quantitative estimate of drug-likeness (QED) is 0.564. The third-order valence-corrected chi connectivity index (χ3v) is 5.99. The molecule has 2 aromatic heterocycles. The molecule has 3 aromatic rings. The Morgan fingerprint density at radius 3 is 2.61 bits per heavy atom. The molecule has 174 valence electrons. The van der Waals surface area contributed by atoms with Crippen LogP contribution in [0.2, 0.25) is 0 Å². The van der Waals surface area contributed by atoms with Gasteiger partial charge in [0.1, 0.15) is 5.82 Å². The number of rotatable bonds is 8. The van der Waals surface area contributed by atoms with Gasteiger partial charge in [-0.1, -0.05) is 6.07 Å². The number of piperidine rings is 1. The molecule has 0 bridgehead atoms. The Morgan fingerprint density at radius 2 is 1.91 bits per heavy atom. The number of aromatic nitrogens is 4. The fraction of sp³-hybridized carbons (Fsp3) is 0.417. The number of imidazole rings is 1. The predicted octanol–water partition coefficient (Wildman–Crippen LogP) is 2.56. The molecule has 1 saturated heterocycles. The first kappa shape index (κ1) is 22.6. The summed E-state index contributed by atoms with van der Waals surface area (Å²) in [5, 5.41) is 11.8. The van der Waals surface area contributed by atoms with Crippen LogP contribution in [0.4, 0.5) is 5.82 Å². The second-order valence-electron chi connectivity index (χ2n) is 8.11. The summed E-state index contributed by atoms with van der Waals surface area (Å²) < 4.78 is 12.5. The summed E-state index contributed by atoms with van der Waals surface area (Å²) >= 11 is 0. The molecule has 33 heavy (non-hydrogen) atoms. The zero-order valence-electron chi connectivity index (χ0n) is 19.3. The van der Waals surface area contributed by atoms with Crippen LogP contribution in [0.3, 0.4) is 0 Å². The molecule has 9 heteroatoms. The molecule has 1 aliphatic rings. The average molecular weight is 451 g/mol. The molecule has 1 aliphatic heterocycles. The first-order valence-electron chi connectivity index (χ1n) is 11.2. The Labute approximate surface area is 193 Å². The van der Waals surface area contributed by atoms with Crippen molar-refractivity contribution in [3.63, 3.8) is 0 Å². The number of nitrogens with one attached hydrogen (secondary N) is 1. The third-order valence-electron chi connectivity index (χ3n) is 5.99. The molecule has 1 unspecified atom stereocenters. The highest BCUT2D eigenvalue weighted by atomic mass is 16.5. The van der Waals surface area contributed by atoms with Crippen molar-refractivity contribution in [2.24, 2.45) is 5.92 Å². The maximum Gasteiger partial charge on any atom is 0.224 e. The number of hydrogen-bond acceptors (Lipinski definition) is 7. The minimum Gasteiger partial charge on any atom is -0.493 e. The number of anilines is 1. The van der Waals surface area contributed by atoms with Crippen LogP contribution in [0.15, 0.2) is 42.7 Å². The largest absolute Gasteiger partial charge is 0.493 e. The van der Waals surface area contributed by atoms with Gasteiger partial charge >= 0.3 is 0 Å². The summed E-state index contributed by atoms with van der Waals surface area (Å²) in [6, 6.07) is 9.71. The lowest BCUT2D eigenvalue weighted by molar-refractivity contribution is -0.125. The number of methoxy groups -OCH3 is 2. The van der Waals surface area contributed by atoms with Crippen LogP contribution in [0.25, 0.3) is 5.82 Å². The predicted molar refractivity (Wildman–Crippen MR) is 125 cm³/mol. The van der Waals surface area contributed by atoms with E-state index in [1.54, 1.807) is 20.4 Å². The van der Waals surface area contributed by atoms with E-state index in [-0.39, 0.29) is 11.8 Å². The highest BCUT2D eigenvalue weighted by Gasteiger charge is 2.26. The van der Waals surface area contributed by atoms with Gasteiger partial charge in [-0.15, -0.1) is 10.2 Å². The van der Waals surface area contributed by atoms with Gasteiger partial charge < -0.3 is 19.7 Å². The summed E-state index contributed by atoms with van der Waals surface area (Å²) in [5.74, 6) is 3.79. The lowest BCUT2D eigenvalue weighted by Crippen LogP contribution is -2.43. The summed E-state index contributed by atoms with van der Waals surface area (Å²) in [6.07, 6.45) is 6.14. The Bertz CT molecular complexity index is 1080. The molecule has 3 heterocycles. The molecule has 0 aliphatic carbocycles. The van der Waals surface area contributed by atoms with Crippen molar-refractivity contribution < 1.29 is 14.3 Å². The van der Waals surface area contributed by atoms with E-state index in [0.29, 0.717) is 24.6 Å². The number of aryl methyl sites for hydroxylation is 1. The second-order valence-corrected chi connectivity index (χ2v) is 8.11. The van der Waals surface area contributed by atoms with Crippen LogP contribution >= 0.6 is 0 Å². The Balaban J connectivity index is 1.31. The molecule has 1 atom stereocenters. The average Bonchev–Trinajstić information content (AvgIpc) is 3.29. The molecular formula is C24H30N6O3. The minimum absolute atomic E-state index is 0.0680. The first-order chi connectivity index (χ1) is 16.1. The highest BCUT2D eigenvalue weighted by molar-refractivity contribution is 5.79. The molecule has 0 spiro atoms. The van der Waals surface area contributed by atoms with E-state index in [9.17, 15) is 4.79 Å². The zero-order chi connectivity index (χ0) is 23.2. The molecule has 1 amide bonds. The van der Waals surface area contributed by atoms with Crippen LogP contribution in [0, 0.1) is 12.8 Å². The van der Waals surface area contributed by atoms with E-state index < -0.39 is 0 Å². The maximum atomic E-state index is 12.8. The van der Waals surface area contributed by atoms with Crippen molar-refractivity contribution in [3.05, 3.63) is 54.1 Å². The lowest BCUT2D eigenvalue weighted by Gasteiger charge is -2.32. The summed E-state index contributed by atoms with van der Waals surface area (Å²) in [5.41, 5.74) is 1.08. The van der Waals surface area contributed by atoms with Crippen LogP contribution in [0.1, 0.15) is 24.2 Å². The molecule has 1 N–H and O–H groups in total. The van der Waals surface area contributed by atoms with Gasteiger partial charge in [0.2, 0.25) is 5.91 Å². The van der Waals surface area contributed by atoms with E-state index in [0.717, 1.165) is 48.8 Å². The van der Waals surface area contributed by atoms with Gasteiger partial charge in [-0.05, 0) is 56.0 Å². The van der Waals surface area contributed by atoms with E-state index in [1.807, 2.05) is 48.0 Å². The number of hydrogen-bond donors (Lipinski definition) is 1. The fourth-order valence-electron chi connectivity index (χ4n) is 4.15. The monoisotopic (exact) mass is 450 g/mol. The van der Waals surface area contributed by atoms with Gasteiger partial charge in [-0.2, -0.15) is 0 Å². The van der Waals surface area contributed by atoms with Crippen molar-refractivity contribution in [1.29, 1.82) is 0 Å². The van der Waals surface area contributed by atoms with Gasteiger partial charge in [0.15, 0.2) is 23.1 Å². The van der Waals surface area contributed by atoms with E-state index in [1.165, 1.54) is 0 Å². The summed E-state index contributed by atoms with van der Waals surface area (Å²) in [7, 11) is 3.24. The lowest BCUT2D eigenvalue weighted by atomic mass is 9.97. The van der Waals surface area contributed by atoms with Gasteiger partial charge in [0, 0.05) is 32.0 Å². The van der Waals surface area contributed by atoms with Crippen LogP contribution in [-0.4, -0.2) is 59.5 Å². The Kier molecular flexibility index (Phi) is 7.07. The van der Waals surface area contributed by atoms with E-state index in [4.69, 9.17) is 9.47 Å². The SMILES string of the molecule is COc1ccc(CCNC(=O)C2CCCN(c3ccc(-n4ccnc4C)nn3)C2)cc1OC. The smallest absolute Gasteiger partial charge is 0.224 e. The normalized spacial score (nSPS) is 15.8. The standard InChI is InChI=1S/C24H30N6O3/c1-17-25-12-14-30(17)23-9-8-22(27-28-23)29-13-4-5-19(16-29)24(31)26-11-10-18-6-7-20(32-2)21(15-18)33-3/h6-9,12,14-15,19H,4-5,10-11,13,16H2,1-3H3,(H,26,31). The Hall–Kier alpha value is -3.62. The van der Waals surface area contributed by atoms with E-state index >= 15 is 0 Å². The van der Waals surface area contributed by atoms with Crippen molar-refractivity contribution in [2.45, 2.75) is 26.2 Å². The number of nitrogens with zero attached hydrogens (tertiary/aromatic N) is 5. The summed E-state index contributed by atoms with van der Waals surface area (Å²) in [4.78, 5) is 19.2. The third kappa shape index (κ3) is 5.24. The molecule has 1 fully saturated rings. The number of carbonyl (C=O) groups is 1. The maximum absolute atomic E-state index is 12.8. The molecule has 1 aromatic carbocycles. The van der Waals surface area contributed by atoms with Crippen molar-refractivity contribution in [3.8, 4) is 17.3 Å². The second kappa shape index (κ2) is 10.3. The highest BCUT2D eigenvalue weighted by Crippen LogP contribution is 2.27. The molecule has 4 rings (SSSR count). The first-order valence-corrected chi connectivity index (χ1v) is 11.2.